The summed E-state index contributed by atoms with van der Waals surface area (Å²) >= 11 is 0. The molecule has 0 aromatic carbocycles. The fourth-order valence-electron chi connectivity index (χ4n) is 0.850. The third-order valence-electron chi connectivity index (χ3n) is 1.48. The van der Waals surface area contributed by atoms with Crippen molar-refractivity contribution in [1.82, 2.24) is 10.2 Å². The molecule has 2 N–H and O–H groups in total. The minimum absolute atomic E-state index is 0.200. The summed E-state index contributed by atoms with van der Waals surface area (Å²) in [5.41, 5.74) is -0.200. The van der Waals surface area contributed by atoms with Crippen LogP contribution in [-0.4, -0.2) is 16.7 Å². The molecule has 4 heteroatoms. The number of anilines is 1. The van der Waals surface area contributed by atoms with Crippen LogP contribution in [0.3, 0.4) is 0 Å². The highest BCUT2D eigenvalue weighted by Gasteiger charge is 1.91. The number of aromatic nitrogens is 2. The summed E-state index contributed by atoms with van der Waals surface area (Å²) in [7, 11) is 0. The summed E-state index contributed by atoms with van der Waals surface area (Å²) < 4.78 is 0. The van der Waals surface area contributed by atoms with E-state index >= 15 is 0 Å². The van der Waals surface area contributed by atoms with Crippen molar-refractivity contribution >= 4 is 5.82 Å². The van der Waals surface area contributed by atoms with Crippen molar-refractivity contribution in [2.45, 2.75) is 12.8 Å². The van der Waals surface area contributed by atoms with Crippen LogP contribution in [0.1, 0.15) is 12.8 Å². The lowest BCUT2D eigenvalue weighted by Gasteiger charge is -2.01. The average molecular weight is 177 g/mol. The molecule has 0 amide bonds. The summed E-state index contributed by atoms with van der Waals surface area (Å²) in [5, 5.41) is 9.14. The van der Waals surface area contributed by atoms with Gasteiger partial charge < -0.3 is 5.32 Å². The Labute approximate surface area is 76.4 Å². The number of aromatic amines is 1. The Kier molecular flexibility index (Phi) is 3.58. The van der Waals surface area contributed by atoms with Crippen molar-refractivity contribution in [3.63, 3.8) is 0 Å². The maximum atomic E-state index is 10.6. The van der Waals surface area contributed by atoms with E-state index in [9.17, 15) is 4.79 Å². The van der Waals surface area contributed by atoms with Crippen molar-refractivity contribution in [2.24, 2.45) is 0 Å². The van der Waals surface area contributed by atoms with Gasteiger partial charge in [0.2, 0.25) is 0 Å². The number of nitrogens with one attached hydrogen (secondary N) is 2. The summed E-state index contributed by atoms with van der Waals surface area (Å²) in [6.07, 6.45) is 6.73. The molecule has 0 aliphatic heterocycles. The molecule has 1 aromatic rings. The van der Waals surface area contributed by atoms with Gasteiger partial charge in [0.15, 0.2) is 0 Å². The smallest absolute Gasteiger partial charge is 0.264 e. The molecule has 0 atom stereocenters. The minimum Gasteiger partial charge on any atom is -0.369 e. The summed E-state index contributed by atoms with van der Waals surface area (Å²) in [6.45, 7) is 0.767. The Balaban J connectivity index is 2.34. The zero-order valence-electron chi connectivity index (χ0n) is 7.21. The van der Waals surface area contributed by atoms with Gasteiger partial charge >= 0.3 is 0 Å². The maximum absolute atomic E-state index is 10.6. The Morgan fingerprint density at radius 2 is 2.46 bits per heavy atom. The second-order valence-electron chi connectivity index (χ2n) is 2.54. The maximum Gasteiger partial charge on any atom is 0.264 e. The number of hydrogen-bond donors (Lipinski definition) is 2. The molecule has 1 aromatic heterocycles. The summed E-state index contributed by atoms with van der Waals surface area (Å²) in [6, 6.07) is 3.06. The summed E-state index contributed by atoms with van der Waals surface area (Å²) in [5.74, 6) is 3.21. The molecule has 4 nitrogen and oxygen atoms in total. The van der Waals surface area contributed by atoms with Crippen LogP contribution in [0.2, 0.25) is 0 Å². The molecule has 1 rings (SSSR count). The van der Waals surface area contributed by atoms with Gasteiger partial charge in [0.25, 0.3) is 5.56 Å². The normalized spacial score (nSPS) is 9.15. The number of terminal acetylenes is 1. The minimum atomic E-state index is -0.200. The lowest BCUT2D eigenvalue weighted by atomic mass is 10.3. The second kappa shape index (κ2) is 4.99. The van der Waals surface area contributed by atoms with E-state index in [2.05, 4.69) is 21.4 Å². The lowest BCUT2D eigenvalue weighted by Crippen LogP contribution is -2.09. The third-order valence-corrected chi connectivity index (χ3v) is 1.48. The van der Waals surface area contributed by atoms with E-state index in [1.165, 1.54) is 6.07 Å². The molecular weight excluding hydrogens is 166 g/mol. The van der Waals surface area contributed by atoms with Crippen LogP contribution in [0.4, 0.5) is 5.82 Å². The molecule has 13 heavy (non-hydrogen) atoms. The van der Waals surface area contributed by atoms with Crippen LogP contribution < -0.4 is 10.9 Å². The van der Waals surface area contributed by atoms with Crippen molar-refractivity contribution in [3.05, 3.63) is 22.5 Å². The number of nitrogens with zero attached hydrogens (tertiary/aromatic N) is 1. The first-order valence-corrected chi connectivity index (χ1v) is 4.06. The van der Waals surface area contributed by atoms with Gasteiger partial charge in [-0.05, 0) is 12.5 Å². The van der Waals surface area contributed by atoms with E-state index in [-0.39, 0.29) is 5.56 Å². The largest absolute Gasteiger partial charge is 0.369 e. The van der Waals surface area contributed by atoms with Gasteiger partial charge in [0.05, 0.1) is 0 Å². The zero-order valence-corrected chi connectivity index (χ0v) is 7.21. The van der Waals surface area contributed by atoms with Crippen LogP contribution in [0, 0.1) is 12.3 Å². The van der Waals surface area contributed by atoms with E-state index in [1.54, 1.807) is 6.07 Å². The molecule has 0 aliphatic rings. The number of hydrogen-bond acceptors (Lipinski definition) is 3. The molecule has 0 saturated carbocycles. The molecular formula is C9H11N3O. The first kappa shape index (κ1) is 9.33. The fraction of sp³-hybridized carbons (Fsp3) is 0.333. The number of unbranched alkanes of at least 4 members (excludes halogenated alkanes) is 1. The third kappa shape index (κ3) is 3.43. The molecule has 0 fully saturated rings. The Morgan fingerprint density at radius 1 is 1.62 bits per heavy atom. The molecule has 1 heterocycles. The Morgan fingerprint density at radius 3 is 3.08 bits per heavy atom. The van der Waals surface area contributed by atoms with Crippen LogP contribution in [-0.2, 0) is 0 Å². The molecule has 0 aliphatic carbocycles. The highest BCUT2D eigenvalue weighted by atomic mass is 16.1. The molecule has 0 radical (unpaired) electrons. The van der Waals surface area contributed by atoms with Crippen molar-refractivity contribution in [3.8, 4) is 12.3 Å². The average Bonchev–Trinajstić information content (AvgIpc) is 2.15. The van der Waals surface area contributed by atoms with Gasteiger partial charge in [-0.2, -0.15) is 5.10 Å². The van der Waals surface area contributed by atoms with Gasteiger partial charge in [0, 0.05) is 19.0 Å². The molecule has 0 spiro atoms. The van der Waals surface area contributed by atoms with E-state index < -0.39 is 0 Å². The van der Waals surface area contributed by atoms with Gasteiger partial charge in [0.1, 0.15) is 5.82 Å². The quantitative estimate of drug-likeness (QED) is 0.523. The highest BCUT2D eigenvalue weighted by molar-refractivity contribution is 5.31. The highest BCUT2D eigenvalue weighted by Crippen LogP contribution is 1.96. The van der Waals surface area contributed by atoms with Crippen LogP contribution in [0.15, 0.2) is 16.9 Å². The Hall–Kier alpha value is -1.76. The van der Waals surface area contributed by atoms with Crippen molar-refractivity contribution in [2.75, 3.05) is 11.9 Å². The molecule has 0 unspecified atom stereocenters. The molecule has 0 bridgehead atoms. The molecule has 68 valence electrons. The standard InChI is InChI=1S/C9H11N3O/c1-2-3-4-7-10-8-5-6-9(13)12-11-8/h1,5-6H,3-4,7H2,(H,10,11)(H,12,13). The first-order valence-electron chi connectivity index (χ1n) is 4.06. The van der Waals surface area contributed by atoms with Crippen LogP contribution >= 0.6 is 0 Å². The summed E-state index contributed by atoms with van der Waals surface area (Å²) in [4.78, 5) is 10.6. The van der Waals surface area contributed by atoms with Gasteiger partial charge in [-0.1, -0.05) is 0 Å². The number of rotatable bonds is 4. The van der Waals surface area contributed by atoms with E-state index in [0.29, 0.717) is 5.82 Å². The van der Waals surface area contributed by atoms with Gasteiger partial charge in [-0.15, -0.1) is 12.3 Å². The monoisotopic (exact) mass is 177 g/mol. The Bertz CT molecular complexity index is 330. The fourth-order valence-corrected chi connectivity index (χ4v) is 0.850. The van der Waals surface area contributed by atoms with Crippen molar-refractivity contribution in [1.29, 1.82) is 0 Å². The van der Waals surface area contributed by atoms with Crippen LogP contribution in [0.25, 0.3) is 0 Å². The van der Waals surface area contributed by atoms with E-state index in [0.717, 1.165) is 19.4 Å². The van der Waals surface area contributed by atoms with E-state index in [1.807, 2.05) is 0 Å². The first-order chi connectivity index (χ1) is 6.33. The van der Waals surface area contributed by atoms with Gasteiger partial charge in [-0.25, -0.2) is 5.10 Å². The number of H-pyrrole nitrogens is 1. The predicted molar refractivity (Wildman–Crippen MR) is 51.4 cm³/mol. The second-order valence-corrected chi connectivity index (χ2v) is 2.54. The topological polar surface area (TPSA) is 57.8 Å². The van der Waals surface area contributed by atoms with Crippen LogP contribution in [0.5, 0.6) is 0 Å². The lowest BCUT2D eigenvalue weighted by molar-refractivity contribution is 0.886. The molecule has 0 saturated heterocycles. The zero-order chi connectivity index (χ0) is 9.52. The van der Waals surface area contributed by atoms with Crippen molar-refractivity contribution < 1.29 is 0 Å². The predicted octanol–water partition coefficient (Wildman–Crippen LogP) is 0.595. The van der Waals surface area contributed by atoms with Gasteiger partial charge in [-0.3, -0.25) is 4.79 Å². The SMILES string of the molecule is C#CCCCNc1ccc(=O)[nH]n1. The van der Waals surface area contributed by atoms with E-state index in [4.69, 9.17) is 6.42 Å².